The molecule has 1 amide bonds. The zero-order valence-corrected chi connectivity index (χ0v) is 24.2. The Hall–Kier alpha value is -4.11. The minimum Gasteiger partial charge on any atom is -0.496 e. The highest BCUT2D eigenvalue weighted by atomic mass is 16.5. The fraction of sp³-hybridized carbons (Fsp3) is 0.406. The number of hydrogen-bond acceptors (Lipinski definition) is 7. The summed E-state index contributed by atoms with van der Waals surface area (Å²) in [7, 11) is 5.22. The van der Waals surface area contributed by atoms with Crippen molar-refractivity contribution in [3.05, 3.63) is 65.9 Å². The van der Waals surface area contributed by atoms with Gasteiger partial charge in [0.25, 0.3) is 0 Å². The Morgan fingerprint density at radius 2 is 1.88 bits per heavy atom. The normalized spacial score (nSPS) is 20.2. The molecule has 1 saturated carbocycles. The Kier molecular flexibility index (Phi) is 7.30. The van der Waals surface area contributed by atoms with Gasteiger partial charge in [0.05, 0.1) is 36.8 Å². The lowest BCUT2D eigenvalue weighted by Crippen LogP contribution is -2.39. The van der Waals surface area contributed by atoms with E-state index in [0.29, 0.717) is 29.7 Å². The number of imidazole rings is 1. The number of nitrogens with zero attached hydrogens (tertiary/aromatic N) is 4. The smallest absolute Gasteiger partial charge is 0.247 e. The van der Waals surface area contributed by atoms with E-state index in [-0.39, 0.29) is 11.9 Å². The topological polar surface area (TPSA) is 107 Å². The first-order valence-electron chi connectivity index (χ1n) is 14.3. The molecule has 41 heavy (non-hydrogen) atoms. The van der Waals surface area contributed by atoms with E-state index in [4.69, 9.17) is 20.2 Å². The van der Waals surface area contributed by atoms with E-state index in [1.807, 2.05) is 67.7 Å². The first-order valence-corrected chi connectivity index (χ1v) is 14.3. The first kappa shape index (κ1) is 27.1. The van der Waals surface area contributed by atoms with Crippen LogP contribution in [0.15, 0.2) is 48.8 Å². The number of anilines is 2. The van der Waals surface area contributed by atoms with E-state index < -0.39 is 0 Å². The molecule has 0 spiro atoms. The first-order chi connectivity index (χ1) is 19.9. The minimum atomic E-state index is -0.353. The van der Waals surface area contributed by atoms with Gasteiger partial charge in [-0.25, -0.2) is 4.98 Å². The number of benzene rings is 2. The van der Waals surface area contributed by atoms with Crippen molar-refractivity contribution in [3.63, 3.8) is 0 Å². The molecule has 6 rings (SSSR count). The van der Waals surface area contributed by atoms with Gasteiger partial charge in [0.15, 0.2) is 0 Å². The average molecular weight is 555 g/mol. The molecule has 1 aliphatic carbocycles. The molecule has 9 nitrogen and oxygen atoms in total. The van der Waals surface area contributed by atoms with E-state index in [0.717, 1.165) is 77.5 Å². The maximum atomic E-state index is 13.5. The van der Waals surface area contributed by atoms with E-state index in [1.54, 1.807) is 14.2 Å². The second-order valence-corrected chi connectivity index (χ2v) is 11.2. The number of hydrogen-bond donors (Lipinski definition) is 2. The molecule has 2 aromatic heterocycles. The second kappa shape index (κ2) is 11.0. The maximum absolute atomic E-state index is 13.5. The van der Waals surface area contributed by atoms with Crippen LogP contribution in [0.3, 0.4) is 0 Å². The predicted molar refractivity (Wildman–Crippen MR) is 161 cm³/mol. The van der Waals surface area contributed by atoms with Crippen LogP contribution in [-0.4, -0.2) is 54.1 Å². The van der Waals surface area contributed by atoms with Crippen LogP contribution in [0, 0.1) is 12.8 Å². The molecule has 0 radical (unpaired) electrons. The van der Waals surface area contributed by atoms with Crippen LogP contribution in [0.4, 0.5) is 11.4 Å². The number of fused-ring (bicyclic) bond motifs is 2. The van der Waals surface area contributed by atoms with Crippen molar-refractivity contribution in [2.45, 2.75) is 51.0 Å². The summed E-state index contributed by atoms with van der Waals surface area (Å²) in [6.07, 6.45) is 8.86. The SMILES string of the molecule is COc1cc(-c2nc([C@H]3CC[C@H](CN)CC3)n3ccnc(C)c23)ccc1NC(=O)C1Cc2c(OC)cccc2N1C. The van der Waals surface area contributed by atoms with Gasteiger partial charge in [0, 0.05) is 48.6 Å². The number of ether oxygens (including phenoxy) is 2. The van der Waals surface area contributed by atoms with Crippen LogP contribution in [0.1, 0.15) is 48.7 Å². The molecule has 1 atom stereocenters. The molecule has 1 unspecified atom stereocenters. The van der Waals surface area contributed by atoms with Crippen LogP contribution >= 0.6 is 0 Å². The average Bonchev–Trinajstić information content (AvgIpc) is 3.56. The highest BCUT2D eigenvalue weighted by molar-refractivity contribution is 6.00. The van der Waals surface area contributed by atoms with Gasteiger partial charge in [0.2, 0.25) is 5.91 Å². The third kappa shape index (κ3) is 4.78. The highest BCUT2D eigenvalue weighted by Crippen LogP contribution is 2.40. The summed E-state index contributed by atoms with van der Waals surface area (Å²) in [6, 6.07) is 11.4. The summed E-state index contributed by atoms with van der Waals surface area (Å²) in [4.78, 5) is 25.3. The summed E-state index contributed by atoms with van der Waals surface area (Å²) < 4.78 is 13.5. The van der Waals surface area contributed by atoms with E-state index >= 15 is 0 Å². The second-order valence-electron chi connectivity index (χ2n) is 11.2. The van der Waals surface area contributed by atoms with Crippen molar-refractivity contribution >= 4 is 22.8 Å². The van der Waals surface area contributed by atoms with Crippen LogP contribution in [0.25, 0.3) is 16.8 Å². The predicted octanol–water partition coefficient (Wildman–Crippen LogP) is 4.95. The summed E-state index contributed by atoms with van der Waals surface area (Å²) in [5, 5.41) is 3.11. The number of nitrogens with two attached hydrogens (primary N) is 1. The zero-order valence-electron chi connectivity index (χ0n) is 24.2. The summed E-state index contributed by atoms with van der Waals surface area (Å²) in [5.74, 6) is 3.35. The monoisotopic (exact) mass is 554 g/mol. The van der Waals surface area contributed by atoms with Crippen molar-refractivity contribution in [2.75, 3.05) is 38.0 Å². The fourth-order valence-electron chi connectivity index (χ4n) is 6.57. The molecule has 4 aromatic rings. The van der Waals surface area contributed by atoms with Gasteiger partial charge in [-0.15, -0.1) is 0 Å². The molecule has 9 heteroatoms. The number of amides is 1. The van der Waals surface area contributed by atoms with Gasteiger partial charge in [-0.3, -0.25) is 14.2 Å². The van der Waals surface area contributed by atoms with Crippen molar-refractivity contribution in [1.82, 2.24) is 14.4 Å². The van der Waals surface area contributed by atoms with Gasteiger partial charge in [-0.2, -0.15) is 0 Å². The number of methoxy groups -OCH3 is 2. The molecular formula is C32H38N6O3. The van der Waals surface area contributed by atoms with Crippen LogP contribution < -0.4 is 25.4 Å². The van der Waals surface area contributed by atoms with Crippen molar-refractivity contribution in [1.29, 1.82) is 0 Å². The number of aryl methyl sites for hydroxylation is 1. The maximum Gasteiger partial charge on any atom is 0.247 e. The molecule has 2 aliphatic rings. The molecule has 3 N–H and O–H groups in total. The van der Waals surface area contributed by atoms with Crippen LogP contribution in [0.2, 0.25) is 0 Å². The molecular weight excluding hydrogens is 516 g/mol. The number of carbonyl (C=O) groups excluding carboxylic acids is 1. The lowest BCUT2D eigenvalue weighted by molar-refractivity contribution is -0.117. The Morgan fingerprint density at radius 3 is 2.61 bits per heavy atom. The van der Waals surface area contributed by atoms with Crippen molar-refractivity contribution in [3.8, 4) is 22.8 Å². The van der Waals surface area contributed by atoms with Gasteiger partial charge >= 0.3 is 0 Å². The molecule has 3 heterocycles. The van der Waals surface area contributed by atoms with Gasteiger partial charge in [-0.05, 0) is 69.3 Å². The van der Waals surface area contributed by atoms with E-state index in [2.05, 4.69) is 14.7 Å². The molecule has 1 aliphatic heterocycles. The van der Waals surface area contributed by atoms with Crippen LogP contribution in [0.5, 0.6) is 11.5 Å². The van der Waals surface area contributed by atoms with Gasteiger partial charge < -0.3 is 25.4 Å². The van der Waals surface area contributed by atoms with Crippen LogP contribution in [-0.2, 0) is 11.2 Å². The largest absolute Gasteiger partial charge is 0.496 e. The number of likely N-dealkylation sites (N-methyl/N-ethyl adjacent to an activating group) is 1. The molecule has 0 saturated heterocycles. The lowest BCUT2D eigenvalue weighted by Gasteiger charge is -2.26. The Bertz CT molecular complexity index is 1590. The third-order valence-corrected chi connectivity index (χ3v) is 8.92. The lowest BCUT2D eigenvalue weighted by atomic mass is 9.81. The van der Waals surface area contributed by atoms with E-state index in [9.17, 15) is 4.79 Å². The Morgan fingerprint density at radius 1 is 1.10 bits per heavy atom. The molecule has 1 fully saturated rings. The van der Waals surface area contributed by atoms with Gasteiger partial charge in [0.1, 0.15) is 23.4 Å². The van der Waals surface area contributed by atoms with Crippen molar-refractivity contribution in [2.24, 2.45) is 11.7 Å². The zero-order chi connectivity index (χ0) is 28.7. The third-order valence-electron chi connectivity index (χ3n) is 8.92. The number of nitrogens with one attached hydrogen (secondary N) is 1. The highest BCUT2D eigenvalue weighted by Gasteiger charge is 2.34. The van der Waals surface area contributed by atoms with Crippen molar-refractivity contribution < 1.29 is 14.3 Å². The number of carbonyl (C=O) groups is 1. The number of rotatable bonds is 7. The van der Waals surface area contributed by atoms with E-state index in [1.165, 1.54) is 0 Å². The minimum absolute atomic E-state index is 0.0975. The standard InChI is InChI=1S/C32H38N6O3/c1-19-30-29(36-31(38(30)15-14-34-19)21-10-8-20(18-33)9-11-21)22-12-13-24(28(16-22)41-4)35-32(39)26-17-23-25(37(26)2)6-5-7-27(23)40-3/h5-7,12-16,20-21,26H,8-11,17-18,33H2,1-4H3,(H,35,39)/t20-,21-,26?. The van der Waals surface area contributed by atoms with Gasteiger partial charge in [-0.1, -0.05) is 12.1 Å². The fourth-order valence-corrected chi connectivity index (χ4v) is 6.57. The quantitative estimate of drug-likeness (QED) is 0.333. The molecule has 214 valence electrons. The molecule has 0 bridgehead atoms. The summed E-state index contributed by atoms with van der Waals surface area (Å²) >= 11 is 0. The summed E-state index contributed by atoms with van der Waals surface area (Å²) in [6.45, 7) is 2.77. The Balaban J connectivity index is 1.29. The summed E-state index contributed by atoms with van der Waals surface area (Å²) in [5.41, 5.74) is 12.3. The Labute approximate surface area is 240 Å². The number of aromatic nitrogens is 3. The molecule has 2 aromatic carbocycles.